The van der Waals surface area contributed by atoms with Gasteiger partial charge in [0.1, 0.15) is 12.6 Å². The monoisotopic (exact) mass is 492 g/mol. The number of rotatable bonds is 7. The number of carbonyl (C=O) groups is 4. The van der Waals surface area contributed by atoms with E-state index in [0.717, 1.165) is 0 Å². The number of hydrogen-bond donors (Lipinski definition) is 1. The molecular weight excluding hydrogens is 460 g/mol. The van der Waals surface area contributed by atoms with Crippen molar-refractivity contribution in [2.75, 3.05) is 53.1 Å². The Bertz CT molecular complexity index is 1000. The normalized spacial score (nSPS) is 34.5. The van der Waals surface area contributed by atoms with Crippen molar-refractivity contribution < 1.29 is 38.1 Å². The first kappa shape index (κ1) is 24.2. The van der Waals surface area contributed by atoms with Gasteiger partial charge in [-0.1, -0.05) is 13.8 Å². The van der Waals surface area contributed by atoms with Gasteiger partial charge in [0, 0.05) is 32.7 Å². The molecule has 12 nitrogen and oxygen atoms in total. The number of hydrogen-bond acceptors (Lipinski definition) is 10. The summed E-state index contributed by atoms with van der Waals surface area (Å²) in [5, 5.41) is 0. The molecular formula is C23H32N4O8. The highest BCUT2D eigenvalue weighted by atomic mass is 16.7. The van der Waals surface area contributed by atoms with Gasteiger partial charge in [-0.05, 0) is 13.1 Å². The van der Waals surface area contributed by atoms with E-state index < -0.39 is 41.3 Å². The number of nitrogens with zero attached hydrogens (tertiary/aromatic N) is 3. The van der Waals surface area contributed by atoms with Crippen LogP contribution >= 0.6 is 0 Å². The minimum atomic E-state index is -1.75. The third-order valence-electron chi connectivity index (χ3n) is 8.22. The molecule has 5 atom stereocenters. The summed E-state index contributed by atoms with van der Waals surface area (Å²) in [7, 11) is 1.47. The molecule has 0 bridgehead atoms. The third-order valence-corrected chi connectivity index (χ3v) is 8.22. The van der Waals surface area contributed by atoms with Crippen molar-refractivity contribution >= 4 is 23.6 Å². The largest absolute Gasteiger partial charge is 0.449 e. The Hall–Kier alpha value is -2.54. The van der Waals surface area contributed by atoms with Crippen molar-refractivity contribution in [2.24, 2.45) is 17.6 Å². The second kappa shape index (κ2) is 8.26. The van der Waals surface area contributed by atoms with Gasteiger partial charge in [0.05, 0.1) is 36.8 Å². The van der Waals surface area contributed by atoms with E-state index in [2.05, 4.69) is 4.90 Å². The molecule has 0 aromatic rings. The van der Waals surface area contributed by atoms with Crippen LogP contribution in [0.4, 0.5) is 4.79 Å². The first-order valence-corrected chi connectivity index (χ1v) is 12.1. The lowest BCUT2D eigenvalue weighted by atomic mass is 9.75. The van der Waals surface area contributed by atoms with Crippen molar-refractivity contribution in [3.8, 4) is 0 Å². The SMILES string of the molecule is CCN(CC)CC1C(=O)C2=C(C(=O)C13OCCO3)[C@@H](COC(N)=O)[C@@]1(OC)[C@@H]3[C@H](CN21)N3C(C)=O. The molecule has 5 rings (SSSR count). The summed E-state index contributed by atoms with van der Waals surface area (Å²) >= 11 is 0. The van der Waals surface area contributed by atoms with Gasteiger partial charge in [0.2, 0.25) is 17.5 Å². The van der Waals surface area contributed by atoms with Gasteiger partial charge in [-0.2, -0.15) is 0 Å². The number of ketones is 2. The maximum atomic E-state index is 14.2. The average Bonchev–Trinajstić information content (AvgIpc) is 3.12. The standard InChI is InChI=1S/C23H32N4O8/c1-5-25(6-2)9-13-18(29)17-16(20(30)23(13)34-7-8-35-23)14(11-33-21(24)31)22(32-4)19-15(10-26(17)22)27(19)12(3)28/h13-15,19H,5-11H2,1-4H3,(H2,24,31)/t13?,14-,15+,19+,22-,27?/m1/s1. The number of fused-ring (bicyclic) bond motifs is 4. The molecule has 3 saturated heterocycles. The molecule has 1 spiro atoms. The highest BCUT2D eigenvalue weighted by Gasteiger charge is 2.79. The molecule has 0 radical (unpaired) electrons. The van der Waals surface area contributed by atoms with E-state index in [0.29, 0.717) is 19.6 Å². The number of piperazine rings is 1. The molecule has 0 saturated carbocycles. The molecule has 4 aliphatic heterocycles. The fourth-order valence-corrected chi connectivity index (χ4v) is 6.70. The smallest absolute Gasteiger partial charge is 0.404 e. The Kier molecular flexibility index (Phi) is 5.70. The summed E-state index contributed by atoms with van der Waals surface area (Å²) in [6.07, 6.45) is -1.01. The highest BCUT2D eigenvalue weighted by molar-refractivity contribution is 6.17. The molecule has 1 aliphatic carbocycles. The van der Waals surface area contributed by atoms with Gasteiger partial charge in [0.15, 0.2) is 11.5 Å². The average molecular weight is 493 g/mol. The molecule has 3 fully saturated rings. The number of amides is 2. The van der Waals surface area contributed by atoms with Crippen molar-refractivity contribution in [1.82, 2.24) is 14.7 Å². The number of ether oxygens (including phenoxy) is 4. The van der Waals surface area contributed by atoms with Crippen molar-refractivity contribution in [2.45, 2.75) is 44.4 Å². The van der Waals surface area contributed by atoms with E-state index in [1.54, 1.807) is 9.80 Å². The first-order chi connectivity index (χ1) is 16.7. The number of carbonyl (C=O) groups excluding carboxylic acids is 4. The van der Waals surface area contributed by atoms with Gasteiger partial charge in [-0.3, -0.25) is 14.4 Å². The fourth-order valence-electron chi connectivity index (χ4n) is 6.70. The summed E-state index contributed by atoms with van der Waals surface area (Å²) in [6, 6.07) is -0.572. The van der Waals surface area contributed by atoms with Crippen LogP contribution in [-0.2, 0) is 33.3 Å². The molecule has 2 N–H and O–H groups in total. The second-order valence-corrected chi connectivity index (χ2v) is 9.55. The zero-order chi connectivity index (χ0) is 25.3. The van der Waals surface area contributed by atoms with Gasteiger partial charge in [-0.15, -0.1) is 0 Å². The predicted octanol–water partition coefficient (Wildman–Crippen LogP) is -0.924. The molecule has 0 aromatic carbocycles. The van der Waals surface area contributed by atoms with Crippen LogP contribution in [0.1, 0.15) is 20.8 Å². The summed E-state index contributed by atoms with van der Waals surface area (Å²) in [6.45, 7) is 7.51. The molecule has 5 aliphatic rings. The van der Waals surface area contributed by atoms with Crippen LogP contribution in [0.5, 0.6) is 0 Å². The van der Waals surface area contributed by atoms with Crippen LogP contribution in [0.15, 0.2) is 11.3 Å². The molecule has 0 aromatic heterocycles. The fraction of sp³-hybridized carbons (Fsp3) is 0.739. The Morgan fingerprint density at radius 1 is 1.17 bits per heavy atom. The first-order valence-electron chi connectivity index (χ1n) is 12.1. The Morgan fingerprint density at radius 3 is 2.37 bits per heavy atom. The zero-order valence-corrected chi connectivity index (χ0v) is 20.4. The van der Waals surface area contributed by atoms with Crippen molar-refractivity contribution in [3.63, 3.8) is 0 Å². The number of primary amides is 1. The van der Waals surface area contributed by atoms with Gasteiger partial charge < -0.3 is 39.4 Å². The Labute approximate surface area is 203 Å². The van der Waals surface area contributed by atoms with Crippen LogP contribution in [0.25, 0.3) is 0 Å². The van der Waals surface area contributed by atoms with Crippen molar-refractivity contribution in [3.05, 3.63) is 11.3 Å². The highest BCUT2D eigenvalue weighted by Crippen LogP contribution is 2.61. The molecule has 2 amide bonds. The summed E-state index contributed by atoms with van der Waals surface area (Å²) < 4.78 is 23.1. The summed E-state index contributed by atoms with van der Waals surface area (Å²) in [5.74, 6) is -4.34. The second-order valence-electron chi connectivity index (χ2n) is 9.55. The van der Waals surface area contributed by atoms with E-state index in [1.165, 1.54) is 14.0 Å². The van der Waals surface area contributed by atoms with Crippen LogP contribution in [-0.4, -0.2) is 115 Å². The maximum absolute atomic E-state index is 14.2. The van der Waals surface area contributed by atoms with Gasteiger partial charge in [-0.25, -0.2) is 4.79 Å². The zero-order valence-electron chi connectivity index (χ0n) is 20.4. The lowest BCUT2D eigenvalue weighted by Crippen LogP contribution is -2.59. The molecule has 35 heavy (non-hydrogen) atoms. The number of allylic oxidation sites excluding steroid dienone is 1. The summed E-state index contributed by atoms with van der Waals surface area (Å²) in [5.41, 5.74) is 4.42. The van der Waals surface area contributed by atoms with E-state index in [-0.39, 0.29) is 55.4 Å². The minimum absolute atomic E-state index is 0.133. The lowest BCUT2D eigenvalue weighted by Gasteiger charge is -2.41. The van der Waals surface area contributed by atoms with Crippen molar-refractivity contribution in [1.29, 1.82) is 0 Å². The maximum Gasteiger partial charge on any atom is 0.404 e. The molecule has 4 heterocycles. The van der Waals surface area contributed by atoms with Crippen LogP contribution in [0.2, 0.25) is 0 Å². The molecule has 192 valence electrons. The molecule has 1 unspecified atom stereocenters. The Balaban J connectivity index is 1.63. The summed E-state index contributed by atoms with van der Waals surface area (Å²) in [4.78, 5) is 57.8. The van der Waals surface area contributed by atoms with E-state index in [1.807, 2.05) is 13.8 Å². The van der Waals surface area contributed by atoms with Crippen LogP contribution < -0.4 is 5.73 Å². The van der Waals surface area contributed by atoms with Crippen LogP contribution in [0, 0.1) is 11.8 Å². The quantitative estimate of drug-likeness (QED) is 0.444. The predicted molar refractivity (Wildman–Crippen MR) is 119 cm³/mol. The van der Waals surface area contributed by atoms with Crippen LogP contribution in [0.3, 0.4) is 0 Å². The topological polar surface area (TPSA) is 141 Å². The van der Waals surface area contributed by atoms with E-state index in [4.69, 9.17) is 24.7 Å². The lowest BCUT2D eigenvalue weighted by molar-refractivity contribution is -0.202. The number of nitrogens with two attached hydrogens (primary N) is 1. The Morgan fingerprint density at radius 2 is 1.83 bits per heavy atom. The third kappa shape index (κ3) is 3.06. The minimum Gasteiger partial charge on any atom is -0.449 e. The number of methoxy groups -OCH3 is 1. The van der Waals surface area contributed by atoms with Gasteiger partial charge >= 0.3 is 6.09 Å². The van der Waals surface area contributed by atoms with E-state index in [9.17, 15) is 19.2 Å². The van der Waals surface area contributed by atoms with Gasteiger partial charge in [0.25, 0.3) is 0 Å². The van der Waals surface area contributed by atoms with E-state index >= 15 is 0 Å². The number of Topliss-reactive ketones (excluding diaryl/α,β-unsaturated/α-hetero) is 2. The molecule has 12 heteroatoms.